The van der Waals surface area contributed by atoms with E-state index >= 15 is 0 Å². The van der Waals surface area contributed by atoms with Crippen LogP contribution in [0.15, 0.2) is 54.6 Å². The minimum absolute atomic E-state index is 0.0721. The van der Waals surface area contributed by atoms with E-state index in [9.17, 15) is 4.79 Å². The number of hydrogen-bond acceptors (Lipinski definition) is 4. The number of likely N-dealkylation sites (tertiary alicyclic amines) is 1. The summed E-state index contributed by atoms with van der Waals surface area (Å²) in [6.45, 7) is 6.13. The second-order valence-electron chi connectivity index (χ2n) is 7.05. The van der Waals surface area contributed by atoms with Gasteiger partial charge in [0.25, 0.3) is 0 Å². The molecule has 1 unspecified atom stereocenters. The van der Waals surface area contributed by atoms with E-state index in [1.165, 1.54) is 5.56 Å². The van der Waals surface area contributed by atoms with Gasteiger partial charge in [0.15, 0.2) is 0 Å². The van der Waals surface area contributed by atoms with E-state index in [4.69, 9.17) is 9.47 Å². The fraction of sp³-hybridized carbons (Fsp3) is 0.435. The van der Waals surface area contributed by atoms with Crippen molar-refractivity contribution >= 4 is 11.6 Å². The molecule has 2 aromatic rings. The van der Waals surface area contributed by atoms with Crippen LogP contribution in [-0.2, 0) is 27.4 Å². The van der Waals surface area contributed by atoms with Crippen molar-refractivity contribution in [2.75, 3.05) is 31.7 Å². The van der Waals surface area contributed by atoms with Crippen LogP contribution >= 0.6 is 0 Å². The summed E-state index contributed by atoms with van der Waals surface area (Å²) in [5.74, 6) is 0.0721. The average Bonchev–Trinajstić information content (AvgIpc) is 3.17. The molecule has 1 amide bonds. The van der Waals surface area contributed by atoms with Gasteiger partial charge in [0.2, 0.25) is 5.91 Å². The first kappa shape index (κ1) is 20.5. The summed E-state index contributed by atoms with van der Waals surface area (Å²) in [5.41, 5.74) is 3.11. The summed E-state index contributed by atoms with van der Waals surface area (Å²) in [6.07, 6.45) is 1.96. The van der Waals surface area contributed by atoms with E-state index in [1.54, 1.807) is 0 Å². The van der Waals surface area contributed by atoms with Gasteiger partial charge in [0.1, 0.15) is 0 Å². The number of rotatable bonds is 10. The van der Waals surface area contributed by atoms with Gasteiger partial charge in [-0.1, -0.05) is 42.5 Å². The molecule has 1 heterocycles. The summed E-state index contributed by atoms with van der Waals surface area (Å²) in [6, 6.07) is 18.1. The lowest BCUT2D eigenvalue weighted by Gasteiger charge is -2.23. The Bertz CT molecular complexity index is 736. The van der Waals surface area contributed by atoms with Crippen molar-refractivity contribution in [2.45, 2.75) is 39.0 Å². The van der Waals surface area contributed by atoms with Gasteiger partial charge >= 0.3 is 0 Å². The summed E-state index contributed by atoms with van der Waals surface area (Å²) in [7, 11) is 0. The summed E-state index contributed by atoms with van der Waals surface area (Å²) < 4.78 is 10.9. The first-order valence-electron chi connectivity index (χ1n) is 10.1. The highest BCUT2D eigenvalue weighted by atomic mass is 16.5. The van der Waals surface area contributed by atoms with Gasteiger partial charge < -0.3 is 14.8 Å². The summed E-state index contributed by atoms with van der Waals surface area (Å²) in [5, 5.41) is 3.09. The van der Waals surface area contributed by atoms with Crippen LogP contribution < -0.4 is 5.32 Å². The first-order valence-corrected chi connectivity index (χ1v) is 10.1. The molecule has 1 fully saturated rings. The van der Waals surface area contributed by atoms with Gasteiger partial charge in [-0.05, 0) is 49.6 Å². The molecule has 5 heteroatoms. The smallest absolute Gasteiger partial charge is 0.241 e. The van der Waals surface area contributed by atoms with Crippen molar-refractivity contribution in [1.29, 1.82) is 0 Å². The molecule has 28 heavy (non-hydrogen) atoms. The normalized spacial score (nSPS) is 17.0. The molecular formula is C23H30N2O3. The van der Waals surface area contributed by atoms with Gasteiger partial charge in [-0.15, -0.1) is 0 Å². The zero-order valence-corrected chi connectivity index (χ0v) is 16.6. The monoisotopic (exact) mass is 382 g/mol. The maximum absolute atomic E-state index is 12.9. The molecule has 1 N–H and O–H groups in total. The van der Waals surface area contributed by atoms with Crippen molar-refractivity contribution in [1.82, 2.24) is 4.90 Å². The number of benzene rings is 2. The van der Waals surface area contributed by atoms with E-state index in [2.05, 4.69) is 22.3 Å². The Morgan fingerprint density at radius 3 is 2.68 bits per heavy atom. The number of anilines is 1. The minimum Gasteiger partial charge on any atom is -0.379 e. The number of nitrogens with one attached hydrogen (secondary N) is 1. The van der Waals surface area contributed by atoms with E-state index < -0.39 is 0 Å². The highest BCUT2D eigenvalue weighted by Crippen LogP contribution is 2.22. The maximum atomic E-state index is 12.9. The Kier molecular flexibility index (Phi) is 8.03. The lowest BCUT2D eigenvalue weighted by Crippen LogP contribution is -2.39. The third-order valence-electron chi connectivity index (χ3n) is 4.93. The summed E-state index contributed by atoms with van der Waals surface area (Å²) >= 11 is 0. The zero-order chi connectivity index (χ0) is 19.6. The third-order valence-corrected chi connectivity index (χ3v) is 4.93. The van der Waals surface area contributed by atoms with Gasteiger partial charge in [-0.3, -0.25) is 9.69 Å². The molecule has 1 aliphatic heterocycles. The van der Waals surface area contributed by atoms with Crippen molar-refractivity contribution in [3.05, 3.63) is 65.7 Å². The van der Waals surface area contributed by atoms with Crippen LogP contribution in [0.3, 0.4) is 0 Å². The predicted molar refractivity (Wildman–Crippen MR) is 111 cm³/mol. The Balaban J connectivity index is 1.52. The third kappa shape index (κ3) is 6.16. The van der Waals surface area contributed by atoms with E-state index in [-0.39, 0.29) is 11.9 Å². The topological polar surface area (TPSA) is 50.8 Å². The number of carbonyl (C=O) groups is 1. The molecule has 3 rings (SSSR count). The second-order valence-corrected chi connectivity index (χ2v) is 7.05. The van der Waals surface area contributed by atoms with Crippen LogP contribution in [-0.4, -0.2) is 43.2 Å². The standard InChI is InChI=1S/C23H30N2O3/c1-2-27-14-15-28-18-20-10-6-11-21(16-20)24-23(26)22-12-7-13-25(22)17-19-8-4-3-5-9-19/h3-6,8-11,16,22H,2,7,12-15,17-18H2,1H3,(H,24,26). The SMILES string of the molecule is CCOCCOCc1cccc(NC(=O)C2CCCN2Cc2ccccc2)c1. The van der Waals surface area contributed by atoms with Gasteiger partial charge in [0.05, 0.1) is 25.9 Å². The zero-order valence-electron chi connectivity index (χ0n) is 16.6. The van der Waals surface area contributed by atoms with Crippen molar-refractivity contribution in [3.63, 3.8) is 0 Å². The molecule has 0 saturated carbocycles. The maximum Gasteiger partial charge on any atom is 0.241 e. The molecule has 0 aromatic heterocycles. The van der Waals surface area contributed by atoms with E-state index in [0.29, 0.717) is 26.4 Å². The van der Waals surface area contributed by atoms with Crippen LogP contribution in [0, 0.1) is 0 Å². The fourth-order valence-electron chi connectivity index (χ4n) is 3.55. The van der Waals surface area contributed by atoms with Gasteiger partial charge in [-0.2, -0.15) is 0 Å². The first-order chi connectivity index (χ1) is 13.8. The largest absolute Gasteiger partial charge is 0.379 e. The number of ether oxygens (including phenoxy) is 2. The average molecular weight is 383 g/mol. The minimum atomic E-state index is -0.0775. The molecule has 0 radical (unpaired) electrons. The molecule has 150 valence electrons. The summed E-state index contributed by atoms with van der Waals surface area (Å²) in [4.78, 5) is 15.1. The molecule has 0 bridgehead atoms. The Morgan fingerprint density at radius 1 is 1.07 bits per heavy atom. The van der Waals surface area contributed by atoms with Crippen molar-refractivity contribution < 1.29 is 14.3 Å². The van der Waals surface area contributed by atoms with Crippen molar-refractivity contribution in [3.8, 4) is 0 Å². The fourth-order valence-corrected chi connectivity index (χ4v) is 3.55. The number of nitrogens with zero attached hydrogens (tertiary/aromatic N) is 1. The van der Waals surface area contributed by atoms with E-state index in [0.717, 1.165) is 37.2 Å². The highest BCUT2D eigenvalue weighted by molar-refractivity contribution is 5.95. The molecule has 1 saturated heterocycles. The second kappa shape index (κ2) is 11.0. The van der Waals surface area contributed by atoms with Crippen molar-refractivity contribution in [2.24, 2.45) is 0 Å². The molecular weight excluding hydrogens is 352 g/mol. The van der Waals surface area contributed by atoms with Crippen LogP contribution in [0.4, 0.5) is 5.69 Å². The highest BCUT2D eigenvalue weighted by Gasteiger charge is 2.30. The van der Waals surface area contributed by atoms with Crippen LogP contribution in [0.2, 0.25) is 0 Å². The molecule has 0 spiro atoms. The Labute approximate surface area is 167 Å². The number of carbonyl (C=O) groups excluding carboxylic acids is 1. The molecule has 5 nitrogen and oxygen atoms in total. The lowest BCUT2D eigenvalue weighted by atomic mass is 10.1. The number of amides is 1. The van der Waals surface area contributed by atoms with Crippen LogP contribution in [0.1, 0.15) is 30.9 Å². The van der Waals surface area contributed by atoms with Gasteiger partial charge in [0, 0.05) is 18.8 Å². The van der Waals surface area contributed by atoms with E-state index in [1.807, 2.05) is 49.4 Å². The quantitative estimate of drug-likeness (QED) is 0.634. The molecule has 0 aliphatic carbocycles. The Morgan fingerprint density at radius 2 is 1.86 bits per heavy atom. The number of hydrogen-bond donors (Lipinski definition) is 1. The van der Waals surface area contributed by atoms with Crippen LogP contribution in [0.5, 0.6) is 0 Å². The predicted octanol–water partition coefficient (Wildman–Crippen LogP) is 3.84. The molecule has 2 aromatic carbocycles. The van der Waals surface area contributed by atoms with Gasteiger partial charge in [-0.25, -0.2) is 0 Å². The lowest BCUT2D eigenvalue weighted by molar-refractivity contribution is -0.120. The molecule has 1 aliphatic rings. The van der Waals surface area contributed by atoms with Crippen LogP contribution in [0.25, 0.3) is 0 Å². The Hall–Kier alpha value is -2.21. The molecule has 1 atom stereocenters.